The van der Waals surface area contributed by atoms with Crippen LogP contribution in [0.4, 0.5) is 8.78 Å². The van der Waals surface area contributed by atoms with E-state index in [9.17, 15) is 18.7 Å². The molecule has 13 heteroatoms. The van der Waals surface area contributed by atoms with Crippen molar-refractivity contribution in [3.05, 3.63) is 59.7 Å². The third-order valence-corrected chi connectivity index (χ3v) is 8.19. The molecule has 0 saturated carbocycles. The lowest BCUT2D eigenvalue weighted by atomic mass is 9.67. The number of aromatic nitrogens is 6. The third kappa shape index (κ3) is 5.38. The summed E-state index contributed by atoms with van der Waals surface area (Å²) in [6.45, 7) is -0.273. The van der Waals surface area contributed by atoms with Crippen LogP contribution < -0.4 is 0 Å². The summed E-state index contributed by atoms with van der Waals surface area (Å²) in [7, 11) is -5.22. The van der Waals surface area contributed by atoms with E-state index in [0.29, 0.717) is 30.4 Å². The van der Waals surface area contributed by atoms with Crippen molar-refractivity contribution < 1.29 is 27.7 Å². The van der Waals surface area contributed by atoms with Gasteiger partial charge >= 0.3 is 7.82 Å². The molecule has 0 spiro atoms. The minimum atomic E-state index is -5.22. The topological polar surface area (TPSA) is 128 Å². The maximum absolute atomic E-state index is 16.1. The zero-order valence-electron chi connectivity index (χ0n) is 20.4. The second-order valence-electron chi connectivity index (χ2n) is 10.0. The molecular formula is C24H31F2N6O4P. The highest BCUT2D eigenvalue weighted by Gasteiger charge is 2.53. The molecule has 37 heavy (non-hydrogen) atoms. The average molecular weight is 537 g/mol. The lowest BCUT2D eigenvalue weighted by Gasteiger charge is -2.45. The number of halogens is 2. The van der Waals surface area contributed by atoms with Crippen LogP contribution in [0.1, 0.15) is 86.4 Å². The fourth-order valence-electron chi connectivity index (χ4n) is 6.05. The quantitative estimate of drug-likeness (QED) is 0.455. The molecular weight excluding hydrogens is 505 g/mol. The Kier molecular flexibility index (Phi) is 7.53. The summed E-state index contributed by atoms with van der Waals surface area (Å²) in [5.41, 5.74) is -1.22. The van der Waals surface area contributed by atoms with E-state index in [1.54, 1.807) is 0 Å². The van der Waals surface area contributed by atoms with Gasteiger partial charge < -0.3 is 9.79 Å². The van der Waals surface area contributed by atoms with Crippen LogP contribution in [-0.4, -0.2) is 39.3 Å². The van der Waals surface area contributed by atoms with Gasteiger partial charge in [-0.1, -0.05) is 44.9 Å². The molecule has 200 valence electrons. The van der Waals surface area contributed by atoms with Gasteiger partial charge in [0.15, 0.2) is 0 Å². The van der Waals surface area contributed by atoms with Gasteiger partial charge in [-0.15, -0.1) is 0 Å². The molecule has 10 nitrogen and oxygen atoms in total. The van der Waals surface area contributed by atoms with Crippen LogP contribution in [0.2, 0.25) is 0 Å². The Morgan fingerprint density at radius 2 is 1.65 bits per heavy atom. The van der Waals surface area contributed by atoms with E-state index in [2.05, 4.69) is 20.2 Å². The predicted octanol–water partition coefficient (Wildman–Crippen LogP) is 4.56. The summed E-state index contributed by atoms with van der Waals surface area (Å²) in [6.07, 6.45) is 13.6. The maximum atomic E-state index is 16.1. The second kappa shape index (κ2) is 10.7. The summed E-state index contributed by atoms with van der Waals surface area (Å²) in [4.78, 5) is 28.4. The van der Waals surface area contributed by atoms with Crippen LogP contribution in [0, 0.1) is 11.6 Å². The van der Waals surface area contributed by atoms with Crippen molar-refractivity contribution in [3.63, 3.8) is 0 Å². The van der Waals surface area contributed by atoms with Gasteiger partial charge in [-0.2, -0.15) is 10.2 Å². The zero-order chi connectivity index (χ0) is 26.0. The third-order valence-electron chi connectivity index (χ3n) is 7.63. The summed E-state index contributed by atoms with van der Waals surface area (Å²) in [5, 5.41) is 8.42. The number of hydrogen-bond donors (Lipinski definition) is 2. The second-order valence-corrected chi connectivity index (χ2v) is 11.2. The molecule has 0 saturated heterocycles. The number of phosphoric acid groups is 1. The van der Waals surface area contributed by atoms with E-state index in [1.807, 2.05) is 0 Å². The van der Waals surface area contributed by atoms with E-state index >= 15 is 4.39 Å². The molecule has 2 aliphatic rings. The van der Waals surface area contributed by atoms with E-state index in [0.717, 1.165) is 51.0 Å². The van der Waals surface area contributed by atoms with E-state index in [4.69, 9.17) is 4.52 Å². The molecule has 5 rings (SSSR count). The Morgan fingerprint density at radius 3 is 2.30 bits per heavy atom. The number of hydrogen-bond acceptors (Lipinski definition) is 6. The van der Waals surface area contributed by atoms with Crippen molar-refractivity contribution in [2.45, 2.75) is 88.3 Å². The first-order valence-corrected chi connectivity index (χ1v) is 14.3. The lowest BCUT2D eigenvalue weighted by molar-refractivity contribution is -0.0445. The Hall–Kier alpha value is -2.53. The van der Waals surface area contributed by atoms with Crippen molar-refractivity contribution in [1.29, 1.82) is 0 Å². The van der Waals surface area contributed by atoms with Gasteiger partial charge in [-0.05, 0) is 36.3 Å². The van der Waals surface area contributed by atoms with Crippen LogP contribution in [0.3, 0.4) is 0 Å². The Morgan fingerprint density at radius 1 is 0.973 bits per heavy atom. The van der Waals surface area contributed by atoms with Gasteiger partial charge in [-0.25, -0.2) is 32.7 Å². The molecule has 2 aromatic heterocycles. The predicted molar refractivity (Wildman–Crippen MR) is 128 cm³/mol. The van der Waals surface area contributed by atoms with Gasteiger partial charge in [0, 0.05) is 11.6 Å². The molecule has 2 aliphatic carbocycles. The number of rotatable bonds is 5. The van der Waals surface area contributed by atoms with Crippen LogP contribution in [0.15, 0.2) is 31.4 Å². The molecule has 0 amide bonds. The molecule has 0 aliphatic heterocycles. The molecule has 0 fully saturated rings. The van der Waals surface area contributed by atoms with Crippen molar-refractivity contribution in [3.8, 4) is 0 Å². The highest BCUT2D eigenvalue weighted by Crippen LogP contribution is 2.57. The van der Waals surface area contributed by atoms with Crippen LogP contribution in [-0.2, 0) is 27.7 Å². The normalized spacial score (nSPS) is 25.2. The van der Waals surface area contributed by atoms with Gasteiger partial charge in [0.2, 0.25) is 0 Å². The SMILES string of the molecule is O=P(O)(O)OC1(Cn2cncn2)c2c(F)cc(F)c3c2C(CCCCCCCCCC1n1cncn1)C3. The number of benzene rings is 1. The van der Waals surface area contributed by atoms with Gasteiger partial charge in [-0.3, -0.25) is 4.52 Å². The molecule has 0 bridgehead atoms. The van der Waals surface area contributed by atoms with Crippen molar-refractivity contribution in [1.82, 2.24) is 29.5 Å². The van der Waals surface area contributed by atoms with Crippen LogP contribution in [0.25, 0.3) is 0 Å². The van der Waals surface area contributed by atoms with E-state index in [-0.39, 0.29) is 18.0 Å². The Balaban J connectivity index is 1.78. The monoisotopic (exact) mass is 536 g/mol. The van der Waals surface area contributed by atoms with Crippen molar-refractivity contribution >= 4 is 7.82 Å². The van der Waals surface area contributed by atoms with Crippen molar-refractivity contribution in [2.24, 2.45) is 0 Å². The first-order chi connectivity index (χ1) is 17.8. The first kappa shape index (κ1) is 26.1. The Bertz CT molecular complexity index is 1250. The summed E-state index contributed by atoms with van der Waals surface area (Å²) in [5.74, 6) is -1.71. The van der Waals surface area contributed by atoms with Gasteiger partial charge in [0.1, 0.15) is 42.5 Å². The molecule has 3 aromatic rings. The average Bonchev–Trinajstić information content (AvgIpc) is 3.52. The fraction of sp³-hybridized carbons (Fsp3) is 0.583. The number of phosphoric ester groups is 1. The highest BCUT2D eigenvalue weighted by atomic mass is 31.2. The van der Waals surface area contributed by atoms with Crippen molar-refractivity contribution in [2.75, 3.05) is 0 Å². The first-order valence-electron chi connectivity index (χ1n) is 12.7. The zero-order valence-corrected chi connectivity index (χ0v) is 21.3. The van der Waals surface area contributed by atoms with Crippen LogP contribution in [0.5, 0.6) is 0 Å². The standard InChI is InChI=1S/C24H31F2N6O4P/c25-19-11-20(26)23-22-17(10-18(19)22)8-6-4-2-1-3-5-7-9-21(32-16-28-14-30-32)24(23,36-37(33,34)35)12-31-15-27-13-29-31/h11,13-17,21H,1-10,12H2,(H2,33,34,35). The summed E-state index contributed by atoms with van der Waals surface area (Å²) < 4.78 is 52.1. The molecule has 3 atom stereocenters. The maximum Gasteiger partial charge on any atom is 0.470 e. The smallest absolute Gasteiger partial charge is 0.303 e. The molecule has 1 aromatic carbocycles. The summed E-state index contributed by atoms with van der Waals surface area (Å²) in [6, 6.07) is -0.0783. The van der Waals surface area contributed by atoms with E-state index < -0.39 is 31.1 Å². The minimum Gasteiger partial charge on any atom is -0.303 e. The van der Waals surface area contributed by atoms with Gasteiger partial charge in [0.25, 0.3) is 0 Å². The lowest BCUT2D eigenvalue weighted by Crippen LogP contribution is -2.46. The number of nitrogens with zero attached hydrogens (tertiary/aromatic N) is 6. The molecule has 2 heterocycles. The minimum absolute atomic E-state index is 0.0449. The van der Waals surface area contributed by atoms with Gasteiger partial charge in [0.05, 0.1) is 12.6 Å². The molecule has 2 N–H and O–H groups in total. The largest absolute Gasteiger partial charge is 0.470 e. The van der Waals surface area contributed by atoms with E-state index in [1.165, 1.54) is 34.7 Å². The fourth-order valence-corrected chi connectivity index (χ4v) is 6.75. The van der Waals surface area contributed by atoms with Crippen LogP contribution >= 0.6 is 7.82 Å². The Labute approximate surface area is 213 Å². The highest BCUT2D eigenvalue weighted by molar-refractivity contribution is 7.46. The molecule has 3 unspecified atom stereocenters. The summed E-state index contributed by atoms with van der Waals surface area (Å²) >= 11 is 0. The molecule has 0 radical (unpaired) electrons.